The van der Waals surface area contributed by atoms with E-state index >= 15 is 0 Å². The predicted octanol–water partition coefficient (Wildman–Crippen LogP) is 3.33. The van der Waals surface area contributed by atoms with Crippen LogP contribution in [0.3, 0.4) is 0 Å². The zero-order chi connectivity index (χ0) is 9.23. The maximum absolute atomic E-state index is 5.62. The molecule has 0 fully saturated rings. The van der Waals surface area contributed by atoms with Gasteiger partial charge in [0.1, 0.15) is 0 Å². The minimum Gasteiger partial charge on any atom is -0.330 e. The molecule has 0 aliphatic carbocycles. The van der Waals surface area contributed by atoms with Gasteiger partial charge < -0.3 is 5.73 Å². The summed E-state index contributed by atoms with van der Waals surface area (Å²) in [6, 6.07) is 0. The molecule has 0 rings (SSSR count). The van der Waals surface area contributed by atoms with Gasteiger partial charge >= 0.3 is 0 Å². The zero-order valence-electron chi connectivity index (χ0n) is 8.81. The van der Waals surface area contributed by atoms with Crippen LogP contribution >= 0.6 is 0 Å². The Hall–Kier alpha value is -0.0400. The molecule has 0 aliphatic rings. The van der Waals surface area contributed by atoms with E-state index in [9.17, 15) is 0 Å². The van der Waals surface area contributed by atoms with Crippen molar-refractivity contribution in [2.24, 2.45) is 11.7 Å². The number of rotatable bonds is 8. The van der Waals surface area contributed by atoms with Gasteiger partial charge in [-0.15, -0.1) is 0 Å². The lowest BCUT2D eigenvalue weighted by Gasteiger charge is -2.10. The van der Waals surface area contributed by atoms with Crippen molar-refractivity contribution in [2.45, 2.75) is 58.8 Å². The van der Waals surface area contributed by atoms with E-state index < -0.39 is 0 Å². The third-order valence-electron chi connectivity index (χ3n) is 2.63. The van der Waals surface area contributed by atoms with Gasteiger partial charge in [0, 0.05) is 0 Å². The molecule has 2 N–H and O–H groups in total. The number of unbranched alkanes of at least 4 members (excludes halogenated alkanes) is 4. The first kappa shape index (κ1) is 12.0. The average molecular weight is 171 g/mol. The van der Waals surface area contributed by atoms with E-state index in [-0.39, 0.29) is 0 Å². The van der Waals surface area contributed by atoms with Gasteiger partial charge in [-0.25, -0.2) is 0 Å². The minimum atomic E-state index is 0.784. The van der Waals surface area contributed by atoms with Crippen LogP contribution < -0.4 is 5.73 Å². The van der Waals surface area contributed by atoms with Crippen molar-refractivity contribution in [3.05, 3.63) is 0 Å². The van der Waals surface area contributed by atoms with Crippen LogP contribution in [0.1, 0.15) is 58.8 Å². The highest BCUT2D eigenvalue weighted by atomic mass is 14.5. The highest BCUT2D eigenvalue weighted by Gasteiger charge is 2.01. The Morgan fingerprint density at radius 1 is 1.00 bits per heavy atom. The third kappa shape index (κ3) is 6.66. The Balaban J connectivity index is 3.06. The molecule has 1 unspecified atom stereocenters. The van der Waals surface area contributed by atoms with Crippen LogP contribution in [-0.2, 0) is 0 Å². The summed E-state index contributed by atoms with van der Waals surface area (Å²) in [4.78, 5) is 0. The topological polar surface area (TPSA) is 26.0 Å². The molecule has 0 aromatic carbocycles. The standard InChI is InChI=1S/C11H25N/c1-3-5-6-7-8-9-11(4-2)10-12/h11H,3-10,12H2,1-2H3. The molecule has 0 aromatic rings. The second kappa shape index (κ2) is 9.05. The van der Waals surface area contributed by atoms with Gasteiger partial charge in [-0.1, -0.05) is 52.4 Å². The summed E-state index contributed by atoms with van der Waals surface area (Å²) >= 11 is 0. The molecular weight excluding hydrogens is 146 g/mol. The predicted molar refractivity (Wildman–Crippen MR) is 56.2 cm³/mol. The molecule has 0 bridgehead atoms. The monoisotopic (exact) mass is 171 g/mol. The third-order valence-corrected chi connectivity index (χ3v) is 2.63. The van der Waals surface area contributed by atoms with Crippen LogP contribution in [0.2, 0.25) is 0 Å². The van der Waals surface area contributed by atoms with Crippen molar-refractivity contribution < 1.29 is 0 Å². The fourth-order valence-electron chi connectivity index (χ4n) is 1.53. The van der Waals surface area contributed by atoms with Crippen molar-refractivity contribution in [1.29, 1.82) is 0 Å². The SMILES string of the molecule is CCCCCCCC(CC)CN. The van der Waals surface area contributed by atoms with Gasteiger partial charge in [-0.2, -0.15) is 0 Å². The van der Waals surface area contributed by atoms with Crippen molar-refractivity contribution >= 4 is 0 Å². The van der Waals surface area contributed by atoms with E-state index in [2.05, 4.69) is 13.8 Å². The summed E-state index contributed by atoms with van der Waals surface area (Å²) in [5.41, 5.74) is 5.62. The van der Waals surface area contributed by atoms with Crippen LogP contribution in [0.25, 0.3) is 0 Å². The lowest BCUT2D eigenvalue weighted by molar-refractivity contribution is 0.448. The minimum absolute atomic E-state index is 0.784. The molecule has 0 spiro atoms. The fourth-order valence-corrected chi connectivity index (χ4v) is 1.53. The first-order valence-electron chi connectivity index (χ1n) is 5.55. The van der Waals surface area contributed by atoms with E-state index in [4.69, 9.17) is 5.73 Å². The Bertz CT molecular complexity index is 77.1. The van der Waals surface area contributed by atoms with Crippen LogP contribution in [-0.4, -0.2) is 6.54 Å². The summed E-state index contributed by atoms with van der Waals surface area (Å²) < 4.78 is 0. The molecule has 0 aliphatic heterocycles. The Labute approximate surface area is 77.7 Å². The van der Waals surface area contributed by atoms with Gasteiger partial charge in [-0.3, -0.25) is 0 Å². The second-order valence-corrected chi connectivity index (χ2v) is 3.71. The van der Waals surface area contributed by atoms with Gasteiger partial charge in [0.2, 0.25) is 0 Å². The van der Waals surface area contributed by atoms with E-state index in [0.29, 0.717) is 0 Å². The molecule has 0 radical (unpaired) electrons. The van der Waals surface area contributed by atoms with Crippen LogP contribution in [0.5, 0.6) is 0 Å². The molecule has 74 valence electrons. The van der Waals surface area contributed by atoms with Gasteiger partial charge in [-0.05, 0) is 18.9 Å². The van der Waals surface area contributed by atoms with Crippen LogP contribution in [0.4, 0.5) is 0 Å². The number of hydrogen-bond donors (Lipinski definition) is 1. The summed E-state index contributed by atoms with van der Waals surface area (Å²) in [7, 11) is 0. The van der Waals surface area contributed by atoms with E-state index in [1.807, 2.05) is 0 Å². The molecule has 1 atom stereocenters. The molecule has 0 heterocycles. The second-order valence-electron chi connectivity index (χ2n) is 3.71. The van der Waals surface area contributed by atoms with Crippen molar-refractivity contribution in [2.75, 3.05) is 6.54 Å². The van der Waals surface area contributed by atoms with E-state index in [1.165, 1.54) is 44.9 Å². The average Bonchev–Trinajstić information content (AvgIpc) is 2.11. The molecule has 0 amide bonds. The number of hydrogen-bond acceptors (Lipinski definition) is 1. The summed E-state index contributed by atoms with van der Waals surface area (Å²) in [5.74, 6) is 0.784. The maximum Gasteiger partial charge on any atom is -0.00490 e. The lowest BCUT2D eigenvalue weighted by atomic mass is 9.98. The fraction of sp³-hybridized carbons (Fsp3) is 1.00. The first-order chi connectivity index (χ1) is 5.85. The lowest BCUT2D eigenvalue weighted by Crippen LogP contribution is -2.12. The van der Waals surface area contributed by atoms with Crippen molar-refractivity contribution in [3.63, 3.8) is 0 Å². The molecule has 12 heavy (non-hydrogen) atoms. The van der Waals surface area contributed by atoms with Gasteiger partial charge in [0.25, 0.3) is 0 Å². The zero-order valence-corrected chi connectivity index (χ0v) is 8.81. The van der Waals surface area contributed by atoms with E-state index in [1.54, 1.807) is 0 Å². The van der Waals surface area contributed by atoms with Crippen molar-refractivity contribution in [3.8, 4) is 0 Å². The van der Waals surface area contributed by atoms with Gasteiger partial charge in [0.15, 0.2) is 0 Å². The highest BCUT2D eigenvalue weighted by Crippen LogP contribution is 2.13. The molecule has 0 saturated carbocycles. The molecule has 1 nitrogen and oxygen atoms in total. The van der Waals surface area contributed by atoms with Gasteiger partial charge in [0.05, 0.1) is 0 Å². The largest absolute Gasteiger partial charge is 0.330 e. The summed E-state index contributed by atoms with van der Waals surface area (Å²) in [6.07, 6.45) is 9.55. The molecule has 0 aromatic heterocycles. The summed E-state index contributed by atoms with van der Waals surface area (Å²) in [6.45, 7) is 5.38. The number of nitrogens with two attached hydrogens (primary N) is 1. The van der Waals surface area contributed by atoms with Crippen molar-refractivity contribution in [1.82, 2.24) is 0 Å². The maximum atomic E-state index is 5.62. The Morgan fingerprint density at radius 3 is 2.17 bits per heavy atom. The van der Waals surface area contributed by atoms with E-state index in [0.717, 1.165) is 12.5 Å². The molecular formula is C11H25N. The van der Waals surface area contributed by atoms with Crippen LogP contribution in [0.15, 0.2) is 0 Å². The first-order valence-corrected chi connectivity index (χ1v) is 5.55. The summed E-state index contributed by atoms with van der Waals surface area (Å²) in [5, 5.41) is 0. The molecule has 1 heteroatoms. The Kier molecular flexibility index (Phi) is 9.02. The smallest absolute Gasteiger partial charge is 0.00490 e. The van der Waals surface area contributed by atoms with Crippen LogP contribution in [0, 0.1) is 5.92 Å². The Morgan fingerprint density at radius 2 is 1.67 bits per heavy atom. The highest BCUT2D eigenvalue weighted by molar-refractivity contribution is 4.57. The normalized spacial score (nSPS) is 13.2. The quantitative estimate of drug-likeness (QED) is 0.557. The molecule has 0 saturated heterocycles.